The summed E-state index contributed by atoms with van der Waals surface area (Å²) in [7, 11) is 0. The third-order valence-corrected chi connectivity index (χ3v) is 1.80. The Morgan fingerprint density at radius 2 is 2.33 bits per heavy atom. The Labute approximate surface area is 74.9 Å². The van der Waals surface area contributed by atoms with E-state index in [0.717, 1.165) is 10.9 Å². The van der Waals surface area contributed by atoms with Crippen LogP contribution >= 0.6 is 11.9 Å². The normalized spacial score (nSPS) is 10.1. The Morgan fingerprint density at radius 1 is 1.42 bits per heavy atom. The van der Waals surface area contributed by atoms with Crippen LogP contribution in [-0.2, 0) is 0 Å². The average molecular weight is 179 g/mol. The number of hydrogen-bond donors (Lipinski definition) is 0. The lowest BCUT2D eigenvalue weighted by Crippen LogP contribution is -1.81. The SMILES string of the molecule is ClOc1ccnc2cc[c]cc12. The third kappa shape index (κ3) is 1.10. The van der Waals surface area contributed by atoms with Crippen molar-refractivity contribution < 1.29 is 4.29 Å². The quantitative estimate of drug-likeness (QED) is 0.670. The topological polar surface area (TPSA) is 22.1 Å². The first-order valence-corrected chi connectivity index (χ1v) is 3.76. The molecule has 0 saturated carbocycles. The van der Waals surface area contributed by atoms with Crippen LogP contribution in [0, 0.1) is 6.07 Å². The number of fused-ring (bicyclic) bond motifs is 1. The van der Waals surface area contributed by atoms with Crippen molar-refractivity contribution in [2.45, 2.75) is 0 Å². The van der Waals surface area contributed by atoms with Crippen molar-refractivity contribution in [1.29, 1.82) is 0 Å². The van der Waals surface area contributed by atoms with E-state index < -0.39 is 0 Å². The molecule has 0 N–H and O–H groups in total. The molecule has 1 aromatic heterocycles. The molecule has 0 saturated heterocycles. The molecule has 0 spiro atoms. The van der Waals surface area contributed by atoms with Crippen LogP contribution in [0.1, 0.15) is 0 Å². The van der Waals surface area contributed by atoms with Gasteiger partial charge in [0.05, 0.1) is 5.52 Å². The molecule has 0 unspecified atom stereocenters. The molecule has 0 aliphatic heterocycles. The number of aromatic nitrogens is 1. The van der Waals surface area contributed by atoms with Gasteiger partial charge >= 0.3 is 0 Å². The molecular formula is C9H5ClNO. The number of halogens is 1. The van der Waals surface area contributed by atoms with E-state index in [4.69, 9.17) is 11.9 Å². The van der Waals surface area contributed by atoms with Crippen LogP contribution in [0.4, 0.5) is 0 Å². The van der Waals surface area contributed by atoms with Gasteiger partial charge in [-0.1, -0.05) is 6.07 Å². The van der Waals surface area contributed by atoms with Gasteiger partial charge < -0.3 is 4.29 Å². The highest BCUT2D eigenvalue weighted by Crippen LogP contribution is 2.23. The Kier molecular flexibility index (Phi) is 1.84. The van der Waals surface area contributed by atoms with Crippen molar-refractivity contribution in [3.05, 3.63) is 36.5 Å². The van der Waals surface area contributed by atoms with Gasteiger partial charge in [0.15, 0.2) is 5.75 Å². The van der Waals surface area contributed by atoms with Crippen LogP contribution in [0.25, 0.3) is 10.9 Å². The van der Waals surface area contributed by atoms with Gasteiger partial charge in [0.1, 0.15) is 11.9 Å². The molecule has 59 valence electrons. The molecule has 0 amide bonds. The predicted molar refractivity (Wildman–Crippen MR) is 47.1 cm³/mol. The molecule has 0 bridgehead atoms. The molecule has 1 heterocycles. The molecule has 1 aromatic carbocycles. The molecule has 1 radical (unpaired) electrons. The van der Waals surface area contributed by atoms with E-state index >= 15 is 0 Å². The fraction of sp³-hybridized carbons (Fsp3) is 0. The van der Waals surface area contributed by atoms with Crippen molar-refractivity contribution in [2.75, 3.05) is 0 Å². The summed E-state index contributed by atoms with van der Waals surface area (Å²) in [5.41, 5.74) is 0.854. The average Bonchev–Trinajstić information content (AvgIpc) is 2.17. The van der Waals surface area contributed by atoms with Crippen LogP contribution in [0.5, 0.6) is 5.75 Å². The summed E-state index contributed by atoms with van der Waals surface area (Å²) in [6, 6.07) is 10.1. The molecule has 2 aromatic rings. The zero-order valence-corrected chi connectivity index (χ0v) is 6.88. The lowest BCUT2D eigenvalue weighted by atomic mass is 10.2. The molecule has 0 aliphatic carbocycles. The smallest absolute Gasteiger partial charge is 0.157 e. The Morgan fingerprint density at radius 3 is 3.17 bits per heavy atom. The first-order chi connectivity index (χ1) is 5.92. The second-order valence-electron chi connectivity index (χ2n) is 2.33. The molecule has 0 atom stereocenters. The van der Waals surface area contributed by atoms with E-state index in [2.05, 4.69) is 15.3 Å². The number of benzene rings is 1. The van der Waals surface area contributed by atoms with E-state index in [9.17, 15) is 0 Å². The summed E-state index contributed by atoms with van der Waals surface area (Å²) in [5, 5.41) is 0.870. The fourth-order valence-corrected chi connectivity index (χ4v) is 1.21. The van der Waals surface area contributed by atoms with Gasteiger partial charge in [-0.2, -0.15) is 0 Å². The standard InChI is InChI=1S/C9H5ClNO/c10-12-9-5-6-11-8-4-2-1-3-7(8)9/h2-6H. The number of rotatable bonds is 1. The molecule has 12 heavy (non-hydrogen) atoms. The van der Waals surface area contributed by atoms with Gasteiger partial charge in [0.2, 0.25) is 0 Å². The molecule has 0 aliphatic rings. The number of nitrogens with zero attached hydrogens (tertiary/aromatic N) is 1. The highest BCUT2D eigenvalue weighted by atomic mass is 35.5. The Bertz CT molecular complexity index is 397. The molecular weight excluding hydrogens is 174 g/mol. The lowest BCUT2D eigenvalue weighted by Gasteiger charge is -1.99. The Hall–Kier alpha value is -1.28. The van der Waals surface area contributed by atoms with Gasteiger partial charge in [-0.05, 0) is 18.2 Å². The van der Waals surface area contributed by atoms with Crippen LogP contribution in [-0.4, -0.2) is 4.98 Å². The van der Waals surface area contributed by atoms with Crippen molar-refractivity contribution in [3.63, 3.8) is 0 Å². The summed E-state index contributed by atoms with van der Waals surface area (Å²) >= 11 is 5.26. The van der Waals surface area contributed by atoms with Gasteiger partial charge in [-0.3, -0.25) is 4.98 Å². The highest BCUT2D eigenvalue weighted by Gasteiger charge is 2.00. The number of hydrogen-bond acceptors (Lipinski definition) is 2. The summed E-state index contributed by atoms with van der Waals surface area (Å²) in [6.07, 6.45) is 1.65. The van der Waals surface area contributed by atoms with Crippen LogP contribution < -0.4 is 4.29 Å². The maximum absolute atomic E-state index is 5.26. The van der Waals surface area contributed by atoms with Gasteiger partial charge in [0.25, 0.3) is 0 Å². The Balaban J connectivity index is 2.79. The van der Waals surface area contributed by atoms with Crippen LogP contribution in [0.15, 0.2) is 30.5 Å². The molecule has 2 nitrogen and oxygen atoms in total. The maximum atomic E-state index is 5.26. The van der Waals surface area contributed by atoms with Crippen LogP contribution in [0.3, 0.4) is 0 Å². The van der Waals surface area contributed by atoms with Crippen LogP contribution in [0.2, 0.25) is 0 Å². The largest absolute Gasteiger partial charge is 0.385 e. The maximum Gasteiger partial charge on any atom is 0.157 e. The lowest BCUT2D eigenvalue weighted by molar-refractivity contribution is 0.626. The minimum Gasteiger partial charge on any atom is -0.385 e. The van der Waals surface area contributed by atoms with Crippen molar-refractivity contribution >= 4 is 22.8 Å². The van der Waals surface area contributed by atoms with Crippen molar-refractivity contribution in [2.24, 2.45) is 0 Å². The minimum atomic E-state index is 0.610. The second-order valence-corrected chi connectivity index (χ2v) is 2.48. The number of pyridine rings is 1. The predicted octanol–water partition coefficient (Wildman–Crippen LogP) is 2.57. The fourth-order valence-electron chi connectivity index (χ4n) is 1.07. The first-order valence-electron chi connectivity index (χ1n) is 3.45. The van der Waals surface area contributed by atoms with Crippen molar-refractivity contribution in [1.82, 2.24) is 4.98 Å². The van der Waals surface area contributed by atoms with Gasteiger partial charge in [0, 0.05) is 17.6 Å². The second kappa shape index (κ2) is 2.99. The first kappa shape index (κ1) is 7.37. The van der Waals surface area contributed by atoms with Gasteiger partial charge in [-0.15, -0.1) is 0 Å². The summed E-state index contributed by atoms with van der Waals surface area (Å²) in [6.45, 7) is 0. The van der Waals surface area contributed by atoms with E-state index in [0.29, 0.717) is 5.75 Å². The van der Waals surface area contributed by atoms with Gasteiger partial charge in [-0.25, -0.2) is 0 Å². The molecule has 2 rings (SSSR count). The summed E-state index contributed by atoms with van der Waals surface area (Å²) in [5.74, 6) is 0.610. The van der Waals surface area contributed by atoms with E-state index in [1.807, 2.05) is 6.07 Å². The monoisotopic (exact) mass is 178 g/mol. The highest BCUT2D eigenvalue weighted by molar-refractivity contribution is 6.10. The zero-order valence-electron chi connectivity index (χ0n) is 6.12. The van der Waals surface area contributed by atoms with E-state index in [1.54, 1.807) is 24.4 Å². The zero-order chi connectivity index (χ0) is 8.39. The van der Waals surface area contributed by atoms with E-state index in [-0.39, 0.29) is 0 Å². The molecule has 3 heteroatoms. The minimum absolute atomic E-state index is 0.610. The molecule has 0 fully saturated rings. The summed E-state index contributed by atoms with van der Waals surface area (Å²) < 4.78 is 4.64. The van der Waals surface area contributed by atoms with E-state index in [1.165, 1.54) is 0 Å². The van der Waals surface area contributed by atoms with Crippen molar-refractivity contribution in [3.8, 4) is 5.75 Å². The summed E-state index contributed by atoms with van der Waals surface area (Å²) in [4.78, 5) is 4.13. The third-order valence-electron chi connectivity index (χ3n) is 1.63.